The molecular formula is C22H31N5O3S. The summed E-state index contributed by atoms with van der Waals surface area (Å²) in [6.07, 6.45) is 3.29. The molecule has 0 unspecified atom stereocenters. The summed E-state index contributed by atoms with van der Waals surface area (Å²) < 4.78 is 23.3. The number of carbonyl (C=O) groups is 1. The average molecular weight is 446 g/mol. The molecule has 1 atom stereocenters. The summed E-state index contributed by atoms with van der Waals surface area (Å²) in [7, 11) is -1.04. The van der Waals surface area contributed by atoms with Crippen LogP contribution >= 0.6 is 0 Å². The van der Waals surface area contributed by atoms with Crippen molar-refractivity contribution in [2.75, 3.05) is 43.1 Å². The highest BCUT2D eigenvalue weighted by molar-refractivity contribution is 7.91. The number of hydrogen-bond donors (Lipinski definition) is 1. The van der Waals surface area contributed by atoms with Crippen LogP contribution in [0.15, 0.2) is 18.2 Å². The lowest BCUT2D eigenvalue weighted by Crippen LogP contribution is -2.36. The largest absolute Gasteiger partial charge is 0.356 e. The Morgan fingerprint density at radius 2 is 2.03 bits per heavy atom. The third-order valence-corrected chi connectivity index (χ3v) is 8.08. The maximum atomic E-state index is 12.4. The van der Waals surface area contributed by atoms with Crippen molar-refractivity contribution in [3.8, 4) is 0 Å². The molecular weight excluding hydrogens is 414 g/mol. The normalized spacial score (nSPS) is 20.6. The van der Waals surface area contributed by atoms with E-state index in [0.29, 0.717) is 25.2 Å². The molecule has 1 aromatic heterocycles. The van der Waals surface area contributed by atoms with Crippen LogP contribution in [0.3, 0.4) is 0 Å². The quantitative estimate of drug-likeness (QED) is 0.692. The number of para-hydroxylation sites is 1. The molecule has 168 valence electrons. The van der Waals surface area contributed by atoms with E-state index >= 15 is 0 Å². The number of amides is 1. The van der Waals surface area contributed by atoms with E-state index in [1.807, 2.05) is 31.0 Å². The van der Waals surface area contributed by atoms with E-state index in [1.165, 1.54) is 12.8 Å². The summed E-state index contributed by atoms with van der Waals surface area (Å²) in [4.78, 5) is 26.2. The molecule has 0 radical (unpaired) electrons. The van der Waals surface area contributed by atoms with E-state index < -0.39 is 9.84 Å². The lowest BCUT2D eigenvalue weighted by Gasteiger charge is -2.22. The summed E-state index contributed by atoms with van der Waals surface area (Å²) >= 11 is 0. The molecule has 8 nitrogen and oxygen atoms in total. The molecule has 1 aromatic carbocycles. The summed E-state index contributed by atoms with van der Waals surface area (Å²) in [5.41, 5.74) is 2.03. The smallest absolute Gasteiger partial charge is 0.221 e. The molecule has 0 aliphatic carbocycles. The Morgan fingerprint density at radius 3 is 2.74 bits per heavy atom. The highest BCUT2D eigenvalue weighted by atomic mass is 32.2. The highest BCUT2D eigenvalue weighted by Crippen LogP contribution is 2.28. The number of rotatable bonds is 7. The highest BCUT2D eigenvalue weighted by Gasteiger charge is 2.30. The SMILES string of the molecule is Cc1cccc2c(N3CCCC3)nc(CNC(=O)CCN(C)[C@H]3CCS(=O)(=O)C3)nc12. The molecule has 2 fully saturated rings. The van der Waals surface area contributed by atoms with E-state index in [9.17, 15) is 13.2 Å². The Morgan fingerprint density at radius 1 is 1.26 bits per heavy atom. The minimum Gasteiger partial charge on any atom is -0.356 e. The van der Waals surface area contributed by atoms with Gasteiger partial charge >= 0.3 is 0 Å². The molecule has 0 spiro atoms. The second-order valence-corrected chi connectivity index (χ2v) is 10.9. The number of fused-ring (bicyclic) bond motifs is 1. The molecule has 2 aromatic rings. The van der Waals surface area contributed by atoms with Gasteiger partial charge in [-0.15, -0.1) is 0 Å². The van der Waals surface area contributed by atoms with Gasteiger partial charge < -0.3 is 15.1 Å². The number of nitrogens with zero attached hydrogens (tertiary/aromatic N) is 4. The van der Waals surface area contributed by atoms with Crippen LogP contribution in [-0.2, 0) is 21.2 Å². The van der Waals surface area contributed by atoms with Gasteiger partial charge in [0.25, 0.3) is 0 Å². The Kier molecular flexibility index (Phi) is 6.43. The fourth-order valence-electron chi connectivity index (χ4n) is 4.42. The molecule has 0 saturated carbocycles. The standard InChI is InChI=1S/C22H31N5O3S/c1-16-6-5-7-18-21(16)24-19(25-22(18)27-10-3-4-11-27)14-23-20(28)8-12-26(2)17-9-13-31(29,30)15-17/h5-7,17H,3-4,8-15H2,1-2H3,(H,23,28)/t17-/m0/s1. The number of aryl methyl sites for hydroxylation is 1. The summed E-state index contributed by atoms with van der Waals surface area (Å²) in [6, 6.07) is 6.16. The second-order valence-electron chi connectivity index (χ2n) is 8.69. The van der Waals surface area contributed by atoms with Crippen LogP contribution in [0.4, 0.5) is 5.82 Å². The maximum Gasteiger partial charge on any atom is 0.221 e. The van der Waals surface area contributed by atoms with Crippen LogP contribution in [0.2, 0.25) is 0 Å². The van der Waals surface area contributed by atoms with Crippen molar-refractivity contribution in [3.63, 3.8) is 0 Å². The molecule has 4 rings (SSSR count). The van der Waals surface area contributed by atoms with Crippen molar-refractivity contribution >= 4 is 32.5 Å². The van der Waals surface area contributed by atoms with Gasteiger partial charge in [0.2, 0.25) is 5.91 Å². The molecule has 1 amide bonds. The number of benzene rings is 1. The number of aromatic nitrogens is 2. The first-order valence-corrected chi connectivity index (χ1v) is 12.8. The second kappa shape index (κ2) is 9.08. The van der Waals surface area contributed by atoms with Gasteiger partial charge in [-0.3, -0.25) is 4.79 Å². The first kappa shape index (κ1) is 22.0. The average Bonchev–Trinajstić information content (AvgIpc) is 3.40. The topological polar surface area (TPSA) is 95.5 Å². The molecule has 9 heteroatoms. The van der Waals surface area contributed by atoms with Gasteiger partial charge in [0.05, 0.1) is 23.6 Å². The van der Waals surface area contributed by atoms with E-state index in [4.69, 9.17) is 9.97 Å². The van der Waals surface area contributed by atoms with E-state index in [0.717, 1.165) is 35.4 Å². The Hall–Kier alpha value is -2.26. The van der Waals surface area contributed by atoms with Gasteiger partial charge in [-0.05, 0) is 44.9 Å². The predicted octanol–water partition coefficient (Wildman–Crippen LogP) is 1.66. The Bertz CT molecular complexity index is 1070. The van der Waals surface area contributed by atoms with Crippen LogP contribution < -0.4 is 10.2 Å². The third-order valence-electron chi connectivity index (χ3n) is 6.33. The number of anilines is 1. The number of carbonyl (C=O) groups excluding carboxylic acids is 1. The fourth-order valence-corrected chi connectivity index (χ4v) is 6.23. The van der Waals surface area contributed by atoms with E-state index in [1.54, 1.807) is 0 Å². The molecule has 2 aliphatic heterocycles. The van der Waals surface area contributed by atoms with Crippen molar-refractivity contribution in [1.29, 1.82) is 0 Å². The first-order chi connectivity index (χ1) is 14.8. The zero-order chi connectivity index (χ0) is 22.0. The fraction of sp³-hybridized carbons (Fsp3) is 0.591. The van der Waals surface area contributed by atoms with Crippen molar-refractivity contribution in [3.05, 3.63) is 29.6 Å². The molecule has 2 saturated heterocycles. The summed E-state index contributed by atoms with van der Waals surface area (Å²) in [5.74, 6) is 1.93. The van der Waals surface area contributed by atoms with Crippen LogP contribution in [0.1, 0.15) is 37.1 Å². The third kappa shape index (κ3) is 5.15. The van der Waals surface area contributed by atoms with Crippen molar-refractivity contribution in [2.24, 2.45) is 0 Å². The number of nitrogens with one attached hydrogen (secondary N) is 1. The summed E-state index contributed by atoms with van der Waals surface area (Å²) in [6.45, 7) is 4.85. The molecule has 31 heavy (non-hydrogen) atoms. The van der Waals surface area contributed by atoms with Crippen LogP contribution in [-0.4, -0.2) is 73.4 Å². The van der Waals surface area contributed by atoms with Crippen molar-refractivity contribution in [2.45, 2.75) is 45.2 Å². The van der Waals surface area contributed by atoms with E-state index in [-0.39, 0.29) is 30.0 Å². The van der Waals surface area contributed by atoms with Gasteiger partial charge in [-0.25, -0.2) is 18.4 Å². The predicted molar refractivity (Wildman–Crippen MR) is 122 cm³/mol. The zero-order valence-electron chi connectivity index (χ0n) is 18.3. The van der Waals surface area contributed by atoms with Crippen LogP contribution in [0.5, 0.6) is 0 Å². The molecule has 3 heterocycles. The van der Waals surface area contributed by atoms with Crippen LogP contribution in [0, 0.1) is 6.92 Å². The minimum absolute atomic E-state index is 0.00705. The van der Waals surface area contributed by atoms with Crippen molar-refractivity contribution < 1.29 is 13.2 Å². The number of hydrogen-bond acceptors (Lipinski definition) is 7. The Labute approximate surface area is 184 Å². The Balaban J connectivity index is 1.39. The molecule has 0 bridgehead atoms. The maximum absolute atomic E-state index is 12.4. The van der Waals surface area contributed by atoms with Crippen LogP contribution in [0.25, 0.3) is 10.9 Å². The molecule has 1 N–H and O–H groups in total. The van der Waals surface area contributed by atoms with Gasteiger partial charge in [0.1, 0.15) is 5.82 Å². The van der Waals surface area contributed by atoms with E-state index in [2.05, 4.69) is 16.3 Å². The molecule has 2 aliphatic rings. The lowest BCUT2D eigenvalue weighted by molar-refractivity contribution is -0.121. The van der Waals surface area contributed by atoms with Crippen molar-refractivity contribution in [1.82, 2.24) is 20.2 Å². The first-order valence-electron chi connectivity index (χ1n) is 11.0. The van der Waals surface area contributed by atoms with Gasteiger partial charge in [0.15, 0.2) is 15.7 Å². The number of sulfone groups is 1. The van der Waals surface area contributed by atoms with Gasteiger partial charge in [-0.1, -0.05) is 12.1 Å². The van der Waals surface area contributed by atoms with Gasteiger partial charge in [0, 0.05) is 37.5 Å². The summed E-state index contributed by atoms with van der Waals surface area (Å²) in [5, 5.41) is 4.00. The van der Waals surface area contributed by atoms with Gasteiger partial charge in [-0.2, -0.15) is 0 Å². The lowest BCUT2D eigenvalue weighted by atomic mass is 10.1. The minimum atomic E-state index is -2.92. The zero-order valence-corrected chi connectivity index (χ0v) is 19.1. The monoisotopic (exact) mass is 445 g/mol.